The van der Waals surface area contributed by atoms with Crippen molar-refractivity contribution in [3.63, 3.8) is 0 Å². The van der Waals surface area contributed by atoms with Crippen molar-refractivity contribution in [3.05, 3.63) is 46.8 Å². The molecule has 138 valence electrons. The second-order valence-electron chi connectivity index (χ2n) is 6.92. The van der Waals surface area contributed by atoms with E-state index in [1.54, 1.807) is 6.08 Å². The Morgan fingerprint density at radius 1 is 1.20 bits per heavy atom. The Morgan fingerprint density at radius 3 is 2.44 bits per heavy atom. The van der Waals surface area contributed by atoms with E-state index in [1.807, 2.05) is 6.08 Å². The molecule has 0 aromatic heterocycles. The molecule has 0 aromatic carbocycles. The first kappa shape index (κ1) is 19.5. The van der Waals surface area contributed by atoms with Crippen LogP contribution in [0.5, 0.6) is 0 Å². The fourth-order valence-electron chi connectivity index (χ4n) is 3.36. The highest BCUT2D eigenvalue weighted by Gasteiger charge is 2.24. The predicted octanol–water partition coefficient (Wildman–Crippen LogP) is 6.03. The van der Waals surface area contributed by atoms with Crippen LogP contribution in [0.3, 0.4) is 0 Å². The van der Waals surface area contributed by atoms with Gasteiger partial charge in [0.15, 0.2) is 11.7 Å². The summed E-state index contributed by atoms with van der Waals surface area (Å²) in [4.78, 5) is 12.1. The highest BCUT2D eigenvalue weighted by molar-refractivity contribution is 5.89. The molecule has 0 spiro atoms. The number of hydrogen-bond donors (Lipinski definition) is 0. The van der Waals surface area contributed by atoms with E-state index in [0.29, 0.717) is 24.0 Å². The molecule has 0 N–H and O–H groups in total. The lowest BCUT2D eigenvalue weighted by atomic mass is 9.76. The standard InChI is InChI=1S/C20H25F3O2/c1-13-3-5-15(6-4-13)16-7-9-17(10-8-16)20(24)25-14(2)11-18(22)19(23)12-21/h7,9,11,13,15H,3-6,8,10,12H2,1-2H3/b14-11+,19-18-. The third kappa shape index (κ3) is 5.62. The molecule has 0 atom stereocenters. The van der Waals surface area contributed by atoms with Crippen LogP contribution in [-0.2, 0) is 9.53 Å². The molecular weight excluding hydrogens is 329 g/mol. The molecule has 0 saturated heterocycles. The van der Waals surface area contributed by atoms with Gasteiger partial charge in [-0.05, 0) is 44.4 Å². The van der Waals surface area contributed by atoms with Gasteiger partial charge >= 0.3 is 5.97 Å². The average molecular weight is 354 g/mol. The summed E-state index contributed by atoms with van der Waals surface area (Å²) in [6.45, 7) is 2.09. The van der Waals surface area contributed by atoms with Crippen molar-refractivity contribution in [2.45, 2.75) is 52.4 Å². The SMILES string of the molecule is C/C(=C\C(F)=C(\F)CF)OC(=O)C1=CC=C(C2CCC(C)CC2)CC1. The Morgan fingerprint density at radius 2 is 1.88 bits per heavy atom. The summed E-state index contributed by atoms with van der Waals surface area (Å²) in [5, 5.41) is 0. The molecule has 0 aromatic rings. The minimum absolute atomic E-state index is 0.108. The summed E-state index contributed by atoms with van der Waals surface area (Å²) in [5.74, 6) is -2.15. The maximum Gasteiger partial charge on any atom is 0.339 e. The lowest BCUT2D eigenvalue weighted by Gasteiger charge is -2.29. The van der Waals surface area contributed by atoms with Crippen LogP contribution in [-0.4, -0.2) is 12.6 Å². The number of allylic oxidation sites excluding steroid dienone is 7. The van der Waals surface area contributed by atoms with Crippen LogP contribution >= 0.6 is 0 Å². The number of halogens is 3. The van der Waals surface area contributed by atoms with Gasteiger partial charge < -0.3 is 4.74 Å². The maximum atomic E-state index is 13.2. The lowest BCUT2D eigenvalue weighted by Crippen LogP contribution is -2.16. The summed E-state index contributed by atoms with van der Waals surface area (Å²) in [5.41, 5.74) is 1.89. The molecule has 0 unspecified atom stereocenters. The van der Waals surface area contributed by atoms with Crippen LogP contribution < -0.4 is 0 Å². The molecule has 0 heterocycles. The summed E-state index contributed by atoms with van der Waals surface area (Å²) in [7, 11) is 0. The molecule has 25 heavy (non-hydrogen) atoms. The van der Waals surface area contributed by atoms with Crippen molar-refractivity contribution in [3.8, 4) is 0 Å². The van der Waals surface area contributed by atoms with E-state index in [2.05, 4.69) is 6.92 Å². The van der Waals surface area contributed by atoms with Crippen molar-refractivity contribution >= 4 is 5.97 Å². The van der Waals surface area contributed by atoms with Gasteiger partial charge in [0.1, 0.15) is 12.4 Å². The molecule has 2 nitrogen and oxygen atoms in total. The third-order valence-corrected chi connectivity index (χ3v) is 4.94. The number of rotatable bonds is 5. The lowest BCUT2D eigenvalue weighted by molar-refractivity contribution is -0.135. The van der Waals surface area contributed by atoms with Crippen molar-refractivity contribution in [1.29, 1.82) is 0 Å². The fraction of sp³-hybridized carbons (Fsp3) is 0.550. The number of esters is 1. The molecule has 5 heteroatoms. The van der Waals surface area contributed by atoms with E-state index in [9.17, 15) is 18.0 Å². The summed E-state index contributed by atoms with van der Waals surface area (Å²) in [6, 6.07) is 0. The van der Waals surface area contributed by atoms with Gasteiger partial charge in [-0.1, -0.05) is 37.5 Å². The van der Waals surface area contributed by atoms with Gasteiger partial charge in [0, 0.05) is 11.6 Å². The topological polar surface area (TPSA) is 26.3 Å². The van der Waals surface area contributed by atoms with Gasteiger partial charge in [0.2, 0.25) is 0 Å². The van der Waals surface area contributed by atoms with Crippen molar-refractivity contribution in [2.24, 2.45) is 11.8 Å². The van der Waals surface area contributed by atoms with Gasteiger partial charge in [-0.2, -0.15) is 0 Å². The largest absolute Gasteiger partial charge is 0.428 e. The summed E-state index contributed by atoms with van der Waals surface area (Å²) < 4.78 is 43.0. The minimum atomic E-state index is -1.53. The van der Waals surface area contributed by atoms with E-state index >= 15 is 0 Å². The molecule has 2 aliphatic carbocycles. The van der Waals surface area contributed by atoms with E-state index in [1.165, 1.54) is 38.2 Å². The molecule has 1 saturated carbocycles. The van der Waals surface area contributed by atoms with Crippen molar-refractivity contribution < 1.29 is 22.7 Å². The predicted molar refractivity (Wildman–Crippen MR) is 91.6 cm³/mol. The van der Waals surface area contributed by atoms with Crippen LogP contribution in [0, 0.1) is 11.8 Å². The number of carbonyl (C=O) groups excluding carboxylic acids is 1. The Labute approximate surface area is 147 Å². The molecule has 0 amide bonds. The van der Waals surface area contributed by atoms with Gasteiger partial charge in [0.05, 0.1) is 0 Å². The number of alkyl halides is 1. The summed E-state index contributed by atoms with van der Waals surface area (Å²) >= 11 is 0. The second kappa shape index (κ2) is 9.07. The van der Waals surface area contributed by atoms with E-state index < -0.39 is 24.3 Å². The first-order chi connectivity index (χ1) is 11.9. The quantitative estimate of drug-likeness (QED) is 0.342. The Hall–Kier alpha value is -1.78. The van der Waals surface area contributed by atoms with Gasteiger partial charge in [-0.3, -0.25) is 0 Å². The number of hydrogen-bond acceptors (Lipinski definition) is 2. The molecule has 0 radical (unpaired) electrons. The van der Waals surface area contributed by atoms with Crippen LogP contribution in [0.2, 0.25) is 0 Å². The molecule has 0 bridgehead atoms. The van der Waals surface area contributed by atoms with Crippen molar-refractivity contribution in [1.82, 2.24) is 0 Å². The monoisotopic (exact) mass is 354 g/mol. The van der Waals surface area contributed by atoms with E-state index in [4.69, 9.17) is 4.74 Å². The normalized spacial score (nSPS) is 25.7. The molecule has 2 rings (SSSR count). The van der Waals surface area contributed by atoms with Crippen LogP contribution in [0.15, 0.2) is 46.8 Å². The van der Waals surface area contributed by atoms with Crippen LogP contribution in [0.1, 0.15) is 52.4 Å². The molecular formula is C20H25F3O2. The first-order valence-electron chi connectivity index (χ1n) is 8.81. The van der Waals surface area contributed by atoms with Crippen LogP contribution in [0.25, 0.3) is 0 Å². The highest BCUT2D eigenvalue weighted by Crippen LogP contribution is 2.36. The average Bonchev–Trinajstić information content (AvgIpc) is 2.61. The number of ether oxygens (including phenoxy) is 1. The highest BCUT2D eigenvalue weighted by atomic mass is 19.2. The van der Waals surface area contributed by atoms with E-state index in [0.717, 1.165) is 12.3 Å². The molecule has 2 aliphatic rings. The van der Waals surface area contributed by atoms with Crippen molar-refractivity contribution in [2.75, 3.05) is 6.67 Å². The summed E-state index contributed by atoms with van der Waals surface area (Å²) in [6.07, 6.45) is 10.8. The third-order valence-electron chi connectivity index (χ3n) is 4.94. The van der Waals surface area contributed by atoms with Gasteiger partial charge in [-0.25, -0.2) is 18.0 Å². The van der Waals surface area contributed by atoms with Gasteiger partial charge in [-0.15, -0.1) is 0 Å². The Kier molecular flexibility index (Phi) is 7.09. The number of carbonyl (C=O) groups is 1. The Balaban J connectivity index is 1.96. The minimum Gasteiger partial charge on any atom is -0.428 e. The zero-order valence-corrected chi connectivity index (χ0v) is 14.8. The molecule has 1 fully saturated rings. The Bertz CT molecular complexity index is 621. The fourth-order valence-corrected chi connectivity index (χ4v) is 3.36. The van der Waals surface area contributed by atoms with Gasteiger partial charge in [0.25, 0.3) is 0 Å². The zero-order valence-electron chi connectivity index (χ0n) is 14.8. The maximum absolute atomic E-state index is 13.2. The van der Waals surface area contributed by atoms with E-state index in [-0.39, 0.29) is 5.76 Å². The zero-order chi connectivity index (χ0) is 18.4. The molecule has 0 aliphatic heterocycles. The second-order valence-corrected chi connectivity index (χ2v) is 6.92. The first-order valence-corrected chi connectivity index (χ1v) is 8.81. The smallest absolute Gasteiger partial charge is 0.339 e. The van der Waals surface area contributed by atoms with Crippen LogP contribution in [0.4, 0.5) is 13.2 Å².